The molecule has 27 heavy (non-hydrogen) atoms. The van der Waals surface area contributed by atoms with E-state index in [0.29, 0.717) is 16.6 Å². The molecule has 0 unspecified atom stereocenters. The minimum Gasteiger partial charge on any atom is -0.367 e. The van der Waals surface area contributed by atoms with E-state index < -0.39 is 0 Å². The lowest BCUT2D eigenvalue weighted by Gasteiger charge is -2.30. The van der Waals surface area contributed by atoms with Gasteiger partial charge in [0.25, 0.3) is 5.91 Å². The van der Waals surface area contributed by atoms with Crippen LogP contribution in [0.25, 0.3) is 0 Å². The van der Waals surface area contributed by atoms with Gasteiger partial charge in [0.15, 0.2) is 0 Å². The molecule has 0 spiro atoms. The highest BCUT2D eigenvalue weighted by molar-refractivity contribution is 6.30. The molecule has 1 aliphatic carbocycles. The Morgan fingerprint density at radius 3 is 2.48 bits per heavy atom. The van der Waals surface area contributed by atoms with Crippen molar-refractivity contribution in [3.05, 3.63) is 46.7 Å². The van der Waals surface area contributed by atoms with E-state index in [9.17, 15) is 4.79 Å². The van der Waals surface area contributed by atoms with Crippen LogP contribution in [0.4, 0.5) is 11.6 Å². The first kappa shape index (κ1) is 19.4. The fourth-order valence-electron chi connectivity index (χ4n) is 3.34. The van der Waals surface area contributed by atoms with E-state index in [4.69, 9.17) is 11.6 Å². The Balaban J connectivity index is 1.53. The van der Waals surface area contributed by atoms with Gasteiger partial charge in [0.2, 0.25) is 0 Å². The summed E-state index contributed by atoms with van der Waals surface area (Å²) in [5.41, 5.74) is 0.607. The number of benzene rings is 1. The maximum absolute atomic E-state index is 12.4. The van der Waals surface area contributed by atoms with Crippen LogP contribution < -0.4 is 15.5 Å². The lowest BCUT2D eigenvalue weighted by Crippen LogP contribution is -2.40. The van der Waals surface area contributed by atoms with Crippen LogP contribution in [0.3, 0.4) is 0 Å². The van der Waals surface area contributed by atoms with Gasteiger partial charge in [-0.15, -0.1) is 0 Å². The first-order chi connectivity index (χ1) is 12.9. The second kappa shape index (κ2) is 8.57. The number of anilines is 2. The van der Waals surface area contributed by atoms with Crippen LogP contribution in [-0.4, -0.2) is 42.1 Å². The van der Waals surface area contributed by atoms with Gasteiger partial charge in [0.05, 0.1) is 0 Å². The standard InChI is InChI=1S/C20H26ClN5O/c1-13-22-18(12-19(23-13)26(2)3)24-16-7-9-17(10-8-16)25-20(27)14-5-4-6-15(21)11-14/h4-6,11-12,16-17H,7-10H2,1-3H3,(H,25,27)(H,22,23,24). The van der Waals surface area contributed by atoms with E-state index in [1.165, 1.54) is 0 Å². The Hall–Kier alpha value is -2.34. The second-order valence-corrected chi connectivity index (χ2v) is 7.67. The molecule has 0 aliphatic heterocycles. The quantitative estimate of drug-likeness (QED) is 0.819. The Bertz CT molecular complexity index is 803. The molecule has 6 nitrogen and oxygen atoms in total. The number of carbonyl (C=O) groups is 1. The number of carbonyl (C=O) groups excluding carboxylic acids is 1. The molecule has 7 heteroatoms. The zero-order valence-corrected chi connectivity index (χ0v) is 16.8. The molecule has 1 amide bonds. The number of amides is 1. The highest BCUT2D eigenvalue weighted by atomic mass is 35.5. The fourth-order valence-corrected chi connectivity index (χ4v) is 3.53. The zero-order valence-electron chi connectivity index (χ0n) is 16.0. The molecular formula is C20H26ClN5O. The summed E-state index contributed by atoms with van der Waals surface area (Å²) >= 11 is 5.97. The molecule has 0 saturated heterocycles. The highest BCUT2D eigenvalue weighted by Gasteiger charge is 2.23. The molecule has 3 rings (SSSR count). The molecule has 1 aromatic carbocycles. The molecule has 2 aromatic rings. The molecule has 1 heterocycles. The number of nitrogens with one attached hydrogen (secondary N) is 2. The van der Waals surface area contributed by atoms with Crippen molar-refractivity contribution in [1.29, 1.82) is 0 Å². The van der Waals surface area contributed by atoms with E-state index in [0.717, 1.165) is 43.1 Å². The first-order valence-electron chi connectivity index (χ1n) is 9.26. The third-order valence-electron chi connectivity index (χ3n) is 4.78. The monoisotopic (exact) mass is 387 g/mol. The lowest BCUT2D eigenvalue weighted by molar-refractivity contribution is 0.0926. The van der Waals surface area contributed by atoms with Gasteiger partial charge in [0, 0.05) is 42.8 Å². The van der Waals surface area contributed by atoms with E-state index >= 15 is 0 Å². The summed E-state index contributed by atoms with van der Waals surface area (Å²) < 4.78 is 0. The van der Waals surface area contributed by atoms with Gasteiger partial charge in [-0.05, 0) is 50.8 Å². The lowest BCUT2D eigenvalue weighted by atomic mass is 9.91. The van der Waals surface area contributed by atoms with E-state index in [2.05, 4.69) is 20.6 Å². The number of hydrogen-bond donors (Lipinski definition) is 2. The number of halogens is 1. The molecule has 1 saturated carbocycles. The summed E-state index contributed by atoms with van der Waals surface area (Å²) in [6, 6.07) is 9.57. The summed E-state index contributed by atoms with van der Waals surface area (Å²) in [7, 11) is 3.94. The van der Waals surface area contributed by atoms with Gasteiger partial charge < -0.3 is 15.5 Å². The van der Waals surface area contributed by atoms with Crippen molar-refractivity contribution in [2.45, 2.75) is 44.7 Å². The third kappa shape index (κ3) is 5.32. The van der Waals surface area contributed by atoms with Gasteiger partial charge in [-0.3, -0.25) is 4.79 Å². The van der Waals surface area contributed by atoms with Crippen molar-refractivity contribution in [1.82, 2.24) is 15.3 Å². The summed E-state index contributed by atoms with van der Waals surface area (Å²) in [6.45, 7) is 1.90. The number of hydrogen-bond acceptors (Lipinski definition) is 5. The van der Waals surface area contributed by atoms with Crippen molar-refractivity contribution >= 4 is 29.1 Å². The Labute approximate surface area is 165 Å². The molecule has 144 valence electrons. The number of rotatable bonds is 5. The molecule has 0 radical (unpaired) electrons. The van der Waals surface area contributed by atoms with E-state index in [-0.39, 0.29) is 11.9 Å². The van der Waals surface area contributed by atoms with Crippen molar-refractivity contribution in [2.24, 2.45) is 0 Å². The molecule has 1 aromatic heterocycles. The largest absolute Gasteiger partial charge is 0.367 e. The van der Waals surface area contributed by atoms with Gasteiger partial charge in [-0.1, -0.05) is 17.7 Å². The summed E-state index contributed by atoms with van der Waals surface area (Å²) in [5, 5.41) is 7.22. The minimum absolute atomic E-state index is 0.0593. The average Bonchev–Trinajstić information content (AvgIpc) is 2.63. The van der Waals surface area contributed by atoms with E-state index in [1.54, 1.807) is 24.3 Å². The number of aryl methyl sites for hydroxylation is 1. The second-order valence-electron chi connectivity index (χ2n) is 7.23. The molecule has 2 N–H and O–H groups in total. The molecule has 1 aliphatic rings. The molecule has 0 bridgehead atoms. The predicted molar refractivity (Wildman–Crippen MR) is 110 cm³/mol. The van der Waals surface area contributed by atoms with Crippen molar-refractivity contribution < 1.29 is 4.79 Å². The Kier molecular flexibility index (Phi) is 6.16. The SMILES string of the molecule is Cc1nc(NC2CCC(NC(=O)c3cccc(Cl)c3)CC2)cc(N(C)C)n1. The Morgan fingerprint density at radius 2 is 1.81 bits per heavy atom. The highest BCUT2D eigenvalue weighted by Crippen LogP contribution is 2.23. The van der Waals surface area contributed by atoms with E-state index in [1.807, 2.05) is 32.0 Å². The maximum atomic E-state index is 12.4. The van der Waals surface area contributed by atoms with Crippen LogP contribution >= 0.6 is 11.6 Å². The van der Waals surface area contributed by atoms with Crippen LogP contribution in [0.1, 0.15) is 41.9 Å². The summed E-state index contributed by atoms with van der Waals surface area (Å²) in [4.78, 5) is 23.3. The number of nitrogens with zero attached hydrogens (tertiary/aromatic N) is 3. The van der Waals surface area contributed by atoms with Gasteiger partial charge in [-0.25, -0.2) is 9.97 Å². The topological polar surface area (TPSA) is 70.2 Å². The average molecular weight is 388 g/mol. The zero-order chi connectivity index (χ0) is 19.4. The van der Waals surface area contributed by atoms with Crippen LogP contribution in [-0.2, 0) is 0 Å². The molecule has 0 atom stereocenters. The van der Waals surface area contributed by atoms with Crippen molar-refractivity contribution in [2.75, 3.05) is 24.3 Å². The van der Waals surface area contributed by atoms with Gasteiger partial charge in [0.1, 0.15) is 17.5 Å². The van der Waals surface area contributed by atoms with Crippen LogP contribution in [0.2, 0.25) is 5.02 Å². The Morgan fingerprint density at radius 1 is 1.11 bits per heavy atom. The maximum Gasteiger partial charge on any atom is 0.251 e. The van der Waals surface area contributed by atoms with Crippen LogP contribution in [0.5, 0.6) is 0 Å². The predicted octanol–water partition coefficient (Wildman–Crippen LogP) is 3.66. The third-order valence-corrected chi connectivity index (χ3v) is 5.02. The molecule has 1 fully saturated rings. The summed E-state index contributed by atoms with van der Waals surface area (Å²) in [5.74, 6) is 2.45. The fraction of sp³-hybridized carbons (Fsp3) is 0.450. The smallest absolute Gasteiger partial charge is 0.251 e. The summed E-state index contributed by atoms with van der Waals surface area (Å²) in [6.07, 6.45) is 3.85. The van der Waals surface area contributed by atoms with Crippen LogP contribution in [0.15, 0.2) is 30.3 Å². The molecular weight excluding hydrogens is 362 g/mol. The normalized spacial score (nSPS) is 19.4. The van der Waals surface area contributed by atoms with Crippen molar-refractivity contribution in [3.8, 4) is 0 Å². The minimum atomic E-state index is -0.0593. The number of aromatic nitrogens is 2. The van der Waals surface area contributed by atoms with Crippen LogP contribution in [0, 0.1) is 6.92 Å². The van der Waals surface area contributed by atoms with Crippen molar-refractivity contribution in [3.63, 3.8) is 0 Å². The van der Waals surface area contributed by atoms with Gasteiger partial charge in [-0.2, -0.15) is 0 Å². The first-order valence-corrected chi connectivity index (χ1v) is 9.64. The van der Waals surface area contributed by atoms with Gasteiger partial charge >= 0.3 is 0 Å².